The minimum atomic E-state index is -0.787. The van der Waals surface area contributed by atoms with Crippen LogP contribution in [0.5, 0.6) is 5.75 Å². The van der Waals surface area contributed by atoms with Crippen molar-refractivity contribution in [1.29, 1.82) is 0 Å². The van der Waals surface area contributed by atoms with Gasteiger partial charge in [-0.05, 0) is 72.4 Å². The molecule has 3 aromatic carbocycles. The molecule has 3 fully saturated rings. The van der Waals surface area contributed by atoms with Gasteiger partial charge in [0.25, 0.3) is 11.4 Å². The zero-order valence-electron chi connectivity index (χ0n) is 29.9. The topological polar surface area (TPSA) is 204 Å². The van der Waals surface area contributed by atoms with Crippen molar-refractivity contribution in [2.45, 2.75) is 61.6 Å². The molecule has 3 heterocycles. The number of amides is 4. The smallest absolute Gasteiger partial charge is 0.410 e. The highest BCUT2D eigenvalue weighted by molar-refractivity contribution is 7.99. The van der Waals surface area contributed by atoms with Crippen LogP contribution in [0.1, 0.15) is 36.0 Å². The number of benzene rings is 3. The van der Waals surface area contributed by atoms with Gasteiger partial charge in [0, 0.05) is 61.4 Å². The van der Waals surface area contributed by atoms with Crippen LogP contribution in [0.15, 0.2) is 72.8 Å². The molecule has 1 N–H and O–H groups in total. The maximum atomic E-state index is 13.9. The first-order valence-electron chi connectivity index (χ1n) is 17.7. The van der Waals surface area contributed by atoms with Crippen molar-refractivity contribution >= 4 is 47.1 Å². The molecule has 0 aromatic heterocycles. The molecule has 290 valence electrons. The largest absolute Gasteiger partial charge is 0.497 e. The SMILES string of the molecule is COc1ccc(CS[C@H]2C[C@@H](C(=O)N3CC(NC(=O)[C@H]4CCCN4C(=O)OCc4ccc([N+](=O)[O-])cc4)C3)N(C(=O)OCc3ccc([N+](=O)[O-])cc3)C2)cc1. The number of nitro benzene ring substituents is 2. The number of likely N-dealkylation sites (tertiary alicyclic amines) is 3. The van der Waals surface area contributed by atoms with Crippen molar-refractivity contribution in [2.24, 2.45) is 0 Å². The zero-order valence-corrected chi connectivity index (χ0v) is 30.8. The van der Waals surface area contributed by atoms with E-state index in [0.29, 0.717) is 42.7 Å². The van der Waals surface area contributed by atoms with Crippen LogP contribution in [0, 0.1) is 20.2 Å². The van der Waals surface area contributed by atoms with E-state index in [1.165, 1.54) is 58.3 Å². The van der Waals surface area contributed by atoms with Gasteiger partial charge in [0.2, 0.25) is 11.8 Å². The Labute approximate surface area is 320 Å². The number of hydrogen-bond donors (Lipinski definition) is 1. The molecule has 3 aliphatic heterocycles. The molecule has 3 atom stereocenters. The summed E-state index contributed by atoms with van der Waals surface area (Å²) < 4.78 is 16.2. The number of methoxy groups -OCH3 is 1. The summed E-state index contributed by atoms with van der Waals surface area (Å²) in [5.74, 6) is 0.782. The highest BCUT2D eigenvalue weighted by atomic mass is 32.2. The van der Waals surface area contributed by atoms with Crippen LogP contribution in [0.25, 0.3) is 0 Å². The number of nitro groups is 2. The molecule has 18 heteroatoms. The number of rotatable bonds is 13. The Hall–Kier alpha value is -5.91. The molecule has 6 rings (SSSR count). The van der Waals surface area contributed by atoms with Crippen molar-refractivity contribution in [2.75, 3.05) is 33.3 Å². The van der Waals surface area contributed by atoms with Crippen LogP contribution in [-0.2, 0) is 38.0 Å². The summed E-state index contributed by atoms with van der Waals surface area (Å²) in [5, 5.41) is 24.8. The lowest BCUT2D eigenvalue weighted by molar-refractivity contribution is -0.385. The third-order valence-electron chi connectivity index (χ3n) is 9.78. The maximum absolute atomic E-state index is 13.9. The summed E-state index contributed by atoms with van der Waals surface area (Å²) >= 11 is 1.63. The Morgan fingerprint density at radius 2 is 1.31 bits per heavy atom. The Balaban J connectivity index is 1.02. The van der Waals surface area contributed by atoms with Gasteiger partial charge in [-0.25, -0.2) is 9.59 Å². The number of nitrogens with zero attached hydrogens (tertiary/aromatic N) is 5. The average Bonchev–Trinajstić information content (AvgIpc) is 3.85. The first kappa shape index (κ1) is 38.8. The predicted molar refractivity (Wildman–Crippen MR) is 198 cm³/mol. The summed E-state index contributed by atoms with van der Waals surface area (Å²) in [6.45, 7) is 0.842. The van der Waals surface area contributed by atoms with Crippen molar-refractivity contribution < 1.29 is 43.2 Å². The van der Waals surface area contributed by atoms with Crippen LogP contribution in [-0.4, -0.2) is 105 Å². The Morgan fingerprint density at radius 3 is 1.85 bits per heavy atom. The minimum absolute atomic E-state index is 0.0618. The fourth-order valence-corrected chi connectivity index (χ4v) is 7.89. The van der Waals surface area contributed by atoms with Crippen molar-refractivity contribution in [3.05, 3.63) is 110 Å². The van der Waals surface area contributed by atoms with Crippen LogP contribution in [0.3, 0.4) is 0 Å². The Kier molecular flexibility index (Phi) is 12.3. The van der Waals surface area contributed by atoms with Gasteiger partial charge >= 0.3 is 12.2 Å². The number of thioether (sulfide) groups is 1. The molecule has 3 saturated heterocycles. The normalized spacial score (nSPS) is 19.4. The van der Waals surface area contributed by atoms with Gasteiger partial charge in [0.05, 0.1) is 23.0 Å². The van der Waals surface area contributed by atoms with E-state index in [9.17, 15) is 39.4 Å². The number of non-ortho nitro benzene ring substituents is 2. The molecular formula is C37H40N6O11S. The lowest BCUT2D eigenvalue weighted by Crippen LogP contribution is -2.65. The van der Waals surface area contributed by atoms with Crippen molar-refractivity contribution in [1.82, 2.24) is 20.0 Å². The quantitative estimate of drug-likeness (QED) is 0.186. The van der Waals surface area contributed by atoms with Gasteiger partial charge < -0.3 is 24.4 Å². The number of nitrogens with one attached hydrogen (secondary N) is 1. The standard InChI is InChI=1S/C37H40N6O11S/c1-52-30-14-8-26(9-15-30)23-55-31-17-33(41(20-31)37(47)54-22-25-6-12-29(13-7-25)43(50)51)35(45)39-18-27(19-39)38-34(44)32-3-2-16-40(32)36(46)53-21-24-4-10-28(11-5-24)42(48)49/h4-15,27,31-33H,2-3,16-23H2,1H3,(H,38,44)/t31-,32+,33-/m0/s1. The number of carbonyl (C=O) groups is 4. The molecule has 0 aliphatic carbocycles. The third-order valence-corrected chi connectivity index (χ3v) is 11.1. The lowest BCUT2D eigenvalue weighted by atomic mass is 10.0. The van der Waals surface area contributed by atoms with Gasteiger partial charge in [0.1, 0.15) is 31.0 Å². The minimum Gasteiger partial charge on any atom is -0.497 e. The summed E-state index contributed by atoms with van der Waals surface area (Å²) in [5.41, 5.74) is 2.03. The monoisotopic (exact) mass is 776 g/mol. The number of ether oxygens (including phenoxy) is 3. The summed E-state index contributed by atoms with van der Waals surface area (Å²) in [6, 6.07) is 17.1. The van der Waals surface area contributed by atoms with Crippen molar-refractivity contribution in [3.63, 3.8) is 0 Å². The molecule has 0 saturated carbocycles. The first-order valence-corrected chi connectivity index (χ1v) is 18.7. The lowest BCUT2D eigenvalue weighted by Gasteiger charge is -2.42. The van der Waals surface area contributed by atoms with E-state index in [1.807, 2.05) is 24.3 Å². The van der Waals surface area contributed by atoms with E-state index < -0.39 is 34.1 Å². The second kappa shape index (κ2) is 17.5. The van der Waals surface area contributed by atoms with E-state index in [-0.39, 0.29) is 67.3 Å². The molecule has 3 aliphatic rings. The van der Waals surface area contributed by atoms with E-state index >= 15 is 0 Å². The first-order chi connectivity index (χ1) is 26.5. The van der Waals surface area contributed by atoms with E-state index in [0.717, 1.165) is 11.3 Å². The highest BCUT2D eigenvalue weighted by Gasteiger charge is 2.46. The summed E-state index contributed by atoms with van der Waals surface area (Å²) in [7, 11) is 1.60. The number of carbonyl (C=O) groups excluding carboxylic acids is 4. The van der Waals surface area contributed by atoms with E-state index in [4.69, 9.17) is 14.2 Å². The van der Waals surface area contributed by atoms with Gasteiger partial charge in [0.15, 0.2) is 0 Å². The Morgan fingerprint density at radius 1 is 0.764 bits per heavy atom. The third kappa shape index (κ3) is 9.61. The highest BCUT2D eigenvalue weighted by Crippen LogP contribution is 2.33. The van der Waals surface area contributed by atoms with Gasteiger partial charge in [-0.15, -0.1) is 0 Å². The molecule has 3 aromatic rings. The molecule has 4 amide bonds. The van der Waals surface area contributed by atoms with Crippen LogP contribution in [0.4, 0.5) is 21.0 Å². The molecule has 0 bridgehead atoms. The van der Waals surface area contributed by atoms with Crippen LogP contribution < -0.4 is 10.1 Å². The van der Waals surface area contributed by atoms with Gasteiger partial charge in [-0.3, -0.25) is 39.6 Å². The molecule has 55 heavy (non-hydrogen) atoms. The second-order valence-corrected chi connectivity index (χ2v) is 14.7. The fraction of sp³-hybridized carbons (Fsp3) is 0.405. The maximum Gasteiger partial charge on any atom is 0.410 e. The van der Waals surface area contributed by atoms with Crippen LogP contribution in [0.2, 0.25) is 0 Å². The molecule has 0 spiro atoms. The zero-order chi connectivity index (χ0) is 39.1. The van der Waals surface area contributed by atoms with E-state index in [2.05, 4.69) is 5.32 Å². The average molecular weight is 777 g/mol. The molecular weight excluding hydrogens is 737 g/mol. The second-order valence-electron chi connectivity index (χ2n) is 13.4. The predicted octanol–water partition coefficient (Wildman–Crippen LogP) is 4.65. The summed E-state index contributed by atoms with van der Waals surface area (Å²) in [6.07, 6.45) is 0.121. The fourth-order valence-electron chi connectivity index (χ4n) is 6.69. The van der Waals surface area contributed by atoms with Crippen molar-refractivity contribution in [3.8, 4) is 5.75 Å². The Bertz CT molecular complexity index is 1890. The summed E-state index contributed by atoms with van der Waals surface area (Å²) in [4.78, 5) is 78.7. The molecule has 17 nitrogen and oxygen atoms in total. The van der Waals surface area contributed by atoms with Gasteiger partial charge in [-0.1, -0.05) is 12.1 Å². The molecule has 0 radical (unpaired) electrons. The molecule has 0 unspecified atom stereocenters. The van der Waals surface area contributed by atoms with Gasteiger partial charge in [-0.2, -0.15) is 11.8 Å². The van der Waals surface area contributed by atoms with Crippen LogP contribution >= 0.6 is 11.8 Å². The van der Waals surface area contributed by atoms with E-state index in [1.54, 1.807) is 23.8 Å². The number of hydrogen-bond acceptors (Lipinski definition) is 12.